The molecule has 7 heteroatoms. The highest BCUT2D eigenvalue weighted by Crippen LogP contribution is 2.25. The van der Waals surface area contributed by atoms with Crippen molar-refractivity contribution in [2.45, 2.75) is 13.8 Å². The molecule has 2 amide bonds. The molecule has 0 unspecified atom stereocenters. The predicted molar refractivity (Wildman–Crippen MR) is 114 cm³/mol. The van der Waals surface area contributed by atoms with Gasteiger partial charge in [0, 0.05) is 30.1 Å². The third-order valence-electron chi connectivity index (χ3n) is 3.93. The Balaban J connectivity index is 1.70. The molecule has 1 heterocycles. The minimum atomic E-state index is -0.261. The molecular formula is C22H22N4O3. The predicted octanol–water partition coefficient (Wildman–Crippen LogP) is 4.43. The first kappa shape index (κ1) is 19.9. The summed E-state index contributed by atoms with van der Waals surface area (Å²) in [5.41, 5.74) is 2.56. The van der Waals surface area contributed by atoms with Gasteiger partial charge in [-0.25, -0.2) is 4.98 Å². The van der Waals surface area contributed by atoms with Crippen molar-refractivity contribution in [3.05, 3.63) is 72.4 Å². The molecule has 0 bridgehead atoms. The van der Waals surface area contributed by atoms with Crippen LogP contribution in [-0.2, 0) is 4.79 Å². The summed E-state index contributed by atoms with van der Waals surface area (Å²) in [4.78, 5) is 28.0. The average molecular weight is 390 g/mol. The SMILES string of the molecule is CCOc1ccccc1NC(=O)c1ccnc(Nc2ccc(NC(C)=O)cc2)c1. The molecule has 0 radical (unpaired) electrons. The molecule has 0 aliphatic carbocycles. The highest BCUT2D eigenvalue weighted by molar-refractivity contribution is 6.05. The van der Waals surface area contributed by atoms with E-state index in [0.717, 1.165) is 5.69 Å². The number of carbonyl (C=O) groups is 2. The number of ether oxygens (including phenoxy) is 1. The largest absolute Gasteiger partial charge is 0.492 e. The normalized spacial score (nSPS) is 10.1. The van der Waals surface area contributed by atoms with Gasteiger partial charge in [0.2, 0.25) is 5.91 Å². The van der Waals surface area contributed by atoms with Crippen LogP contribution in [0.5, 0.6) is 5.75 Å². The Morgan fingerprint density at radius 3 is 2.41 bits per heavy atom. The van der Waals surface area contributed by atoms with Crippen molar-refractivity contribution >= 4 is 34.7 Å². The number of rotatable bonds is 7. The standard InChI is InChI=1S/C22H22N4O3/c1-3-29-20-7-5-4-6-19(20)26-22(28)16-12-13-23-21(14-16)25-18-10-8-17(9-11-18)24-15(2)27/h4-14H,3H2,1-2H3,(H,23,25)(H,24,27)(H,26,28). The Hall–Kier alpha value is -3.87. The minimum absolute atomic E-state index is 0.128. The van der Waals surface area contributed by atoms with Gasteiger partial charge in [-0.05, 0) is 55.5 Å². The van der Waals surface area contributed by atoms with Gasteiger partial charge in [0.05, 0.1) is 12.3 Å². The molecule has 7 nitrogen and oxygen atoms in total. The summed E-state index contributed by atoms with van der Waals surface area (Å²) in [6.45, 7) is 3.86. The number of hydrogen-bond donors (Lipinski definition) is 3. The van der Waals surface area contributed by atoms with E-state index in [0.29, 0.717) is 35.1 Å². The number of carbonyl (C=O) groups excluding carboxylic acids is 2. The van der Waals surface area contributed by atoms with Crippen LogP contribution < -0.4 is 20.7 Å². The number of aromatic nitrogens is 1. The van der Waals surface area contributed by atoms with Crippen LogP contribution in [0, 0.1) is 0 Å². The van der Waals surface area contributed by atoms with Gasteiger partial charge < -0.3 is 20.7 Å². The van der Waals surface area contributed by atoms with Gasteiger partial charge in [-0.15, -0.1) is 0 Å². The summed E-state index contributed by atoms with van der Waals surface area (Å²) in [6.07, 6.45) is 1.57. The van der Waals surface area contributed by atoms with Crippen LogP contribution >= 0.6 is 0 Å². The Bertz CT molecular complexity index is 1000. The second-order valence-electron chi connectivity index (χ2n) is 6.20. The van der Waals surface area contributed by atoms with Gasteiger partial charge in [0.25, 0.3) is 5.91 Å². The molecule has 3 aromatic rings. The highest BCUT2D eigenvalue weighted by Gasteiger charge is 2.11. The van der Waals surface area contributed by atoms with Gasteiger partial charge in [-0.1, -0.05) is 12.1 Å². The van der Waals surface area contributed by atoms with Crippen LogP contribution in [0.1, 0.15) is 24.2 Å². The third kappa shape index (κ3) is 5.55. The van der Waals surface area contributed by atoms with E-state index in [1.165, 1.54) is 6.92 Å². The molecule has 29 heavy (non-hydrogen) atoms. The summed E-state index contributed by atoms with van der Waals surface area (Å²) in [6, 6.07) is 17.8. The molecule has 0 aliphatic rings. The van der Waals surface area contributed by atoms with Crippen molar-refractivity contribution < 1.29 is 14.3 Å². The second-order valence-corrected chi connectivity index (χ2v) is 6.20. The number of nitrogens with one attached hydrogen (secondary N) is 3. The lowest BCUT2D eigenvalue weighted by Crippen LogP contribution is -2.13. The Morgan fingerprint density at radius 1 is 0.966 bits per heavy atom. The zero-order chi connectivity index (χ0) is 20.6. The van der Waals surface area contributed by atoms with Crippen LogP contribution in [0.25, 0.3) is 0 Å². The molecule has 0 spiro atoms. The third-order valence-corrected chi connectivity index (χ3v) is 3.93. The molecule has 0 atom stereocenters. The fourth-order valence-corrected chi connectivity index (χ4v) is 2.67. The summed E-state index contributed by atoms with van der Waals surface area (Å²) < 4.78 is 5.54. The molecule has 2 aromatic carbocycles. The first-order valence-corrected chi connectivity index (χ1v) is 9.19. The van der Waals surface area contributed by atoms with Crippen molar-refractivity contribution in [1.82, 2.24) is 4.98 Å². The maximum Gasteiger partial charge on any atom is 0.255 e. The lowest BCUT2D eigenvalue weighted by molar-refractivity contribution is -0.114. The molecule has 1 aromatic heterocycles. The van der Waals surface area contributed by atoms with E-state index in [4.69, 9.17) is 4.74 Å². The number of amides is 2. The van der Waals surface area contributed by atoms with E-state index in [1.807, 2.05) is 37.3 Å². The minimum Gasteiger partial charge on any atom is -0.492 e. The zero-order valence-electron chi connectivity index (χ0n) is 16.2. The molecule has 148 valence electrons. The van der Waals surface area contributed by atoms with Crippen molar-refractivity contribution in [2.24, 2.45) is 0 Å². The highest BCUT2D eigenvalue weighted by atomic mass is 16.5. The maximum atomic E-state index is 12.7. The van der Waals surface area contributed by atoms with Gasteiger partial charge in [0.15, 0.2) is 0 Å². The fraction of sp³-hybridized carbons (Fsp3) is 0.136. The lowest BCUT2D eigenvalue weighted by atomic mass is 10.2. The number of para-hydroxylation sites is 2. The Kier molecular flexibility index (Phi) is 6.42. The number of anilines is 4. The average Bonchev–Trinajstić information content (AvgIpc) is 2.71. The molecule has 0 saturated carbocycles. The van der Waals surface area contributed by atoms with Gasteiger partial charge in [0.1, 0.15) is 11.6 Å². The smallest absolute Gasteiger partial charge is 0.255 e. The van der Waals surface area contributed by atoms with Crippen molar-refractivity contribution in [1.29, 1.82) is 0 Å². The molecule has 0 aliphatic heterocycles. The maximum absolute atomic E-state index is 12.7. The van der Waals surface area contributed by atoms with Crippen LogP contribution in [0.15, 0.2) is 66.9 Å². The van der Waals surface area contributed by atoms with Crippen LogP contribution in [-0.4, -0.2) is 23.4 Å². The van der Waals surface area contributed by atoms with Crippen LogP contribution in [0.2, 0.25) is 0 Å². The monoisotopic (exact) mass is 390 g/mol. The topological polar surface area (TPSA) is 92.3 Å². The van der Waals surface area contributed by atoms with E-state index in [2.05, 4.69) is 20.9 Å². The first-order valence-electron chi connectivity index (χ1n) is 9.19. The van der Waals surface area contributed by atoms with Crippen molar-refractivity contribution in [2.75, 3.05) is 22.6 Å². The van der Waals surface area contributed by atoms with Crippen LogP contribution in [0.3, 0.4) is 0 Å². The summed E-state index contributed by atoms with van der Waals surface area (Å²) >= 11 is 0. The summed E-state index contributed by atoms with van der Waals surface area (Å²) in [5.74, 6) is 0.763. The zero-order valence-corrected chi connectivity index (χ0v) is 16.2. The number of hydrogen-bond acceptors (Lipinski definition) is 5. The quantitative estimate of drug-likeness (QED) is 0.555. The van der Waals surface area contributed by atoms with E-state index < -0.39 is 0 Å². The van der Waals surface area contributed by atoms with Gasteiger partial charge in [-0.2, -0.15) is 0 Å². The Morgan fingerprint density at radius 2 is 1.69 bits per heavy atom. The van der Waals surface area contributed by atoms with E-state index in [-0.39, 0.29) is 11.8 Å². The molecule has 0 fully saturated rings. The van der Waals surface area contributed by atoms with Crippen LogP contribution in [0.4, 0.5) is 22.9 Å². The lowest BCUT2D eigenvalue weighted by Gasteiger charge is -2.12. The number of nitrogens with zero attached hydrogens (tertiary/aromatic N) is 1. The molecule has 0 saturated heterocycles. The van der Waals surface area contributed by atoms with E-state index in [9.17, 15) is 9.59 Å². The van der Waals surface area contributed by atoms with Gasteiger partial charge in [-0.3, -0.25) is 9.59 Å². The van der Waals surface area contributed by atoms with E-state index in [1.54, 1.807) is 36.5 Å². The Labute approximate surface area is 169 Å². The van der Waals surface area contributed by atoms with Crippen molar-refractivity contribution in [3.63, 3.8) is 0 Å². The first-order chi connectivity index (χ1) is 14.0. The summed E-state index contributed by atoms with van der Waals surface area (Å²) in [5, 5.41) is 8.73. The van der Waals surface area contributed by atoms with Gasteiger partial charge >= 0.3 is 0 Å². The molecule has 3 rings (SSSR count). The summed E-state index contributed by atoms with van der Waals surface area (Å²) in [7, 11) is 0. The molecule has 3 N–H and O–H groups in total. The number of benzene rings is 2. The fourth-order valence-electron chi connectivity index (χ4n) is 2.67. The number of pyridine rings is 1. The molecular weight excluding hydrogens is 368 g/mol. The van der Waals surface area contributed by atoms with E-state index >= 15 is 0 Å². The van der Waals surface area contributed by atoms with Crippen molar-refractivity contribution in [3.8, 4) is 5.75 Å². The second kappa shape index (κ2) is 9.36.